The van der Waals surface area contributed by atoms with Gasteiger partial charge in [-0.25, -0.2) is 0 Å². The molecule has 0 saturated carbocycles. The molecule has 0 aromatic heterocycles. The molecule has 0 radical (unpaired) electrons. The predicted octanol–water partition coefficient (Wildman–Crippen LogP) is 1.68. The van der Waals surface area contributed by atoms with Crippen molar-refractivity contribution in [2.24, 2.45) is 0 Å². The first-order chi connectivity index (χ1) is 11.1. The van der Waals surface area contributed by atoms with Crippen molar-refractivity contribution in [2.75, 3.05) is 27.6 Å². The quantitative estimate of drug-likeness (QED) is 0.509. The minimum absolute atomic E-state index is 0.343. The Morgan fingerprint density at radius 2 is 1.54 bits per heavy atom. The maximum atomic E-state index is 11.4. The van der Waals surface area contributed by atoms with E-state index in [-0.39, 0.29) is 0 Å². The van der Waals surface area contributed by atoms with Gasteiger partial charge in [-0.2, -0.15) is 8.42 Å². The van der Waals surface area contributed by atoms with Crippen LogP contribution >= 0.6 is 0 Å². The lowest BCUT2D eigenvalue weighted by atomic mass is 10.0. The number of methoxy groups -OCH3 is 3. The highest BCUT2D eigenvalue weighted by atomic mass is 32.2. The van der Waals surface area contributed by atoms with Crippen LogP contribution in [0, 0.1) is 0 Å². The van der Waals surface area contributed by atoms with Crippen molar-refractivity contribution in [2.45, 2.75) is 26.1 Å². The molecule has 0 heterocycles. The molecule has 24 heavy (non-hydrogen) atoms. The Morgan fingerprint density at radius 1 is 1.04 bits per heavy atom. The topological polar surface area (TPSA) is 97.4 Å². The lowest BCUT2D eigenvalue weighted by Crippen LogP contribution is -2.26. The Hall–Kier alpha value is -2.00. The molecule has 1 aromatic carbocycles. The maximum absolute atomic E-state index is 11.4. The van der Waals surface area contributed by atoms with Gasteiger partial charge in [0.2, 0.25) is 5.75 Å². The van der Waals surface area contributed by atoms with Gasteiger partial charge in [0.15, 0.2) is 17.6 Å². The minimum Gasteiger partial charge on any atom is -0.493 e. The Morgan fingerprint density at radius 3 is 1.88 bits per heavy atom. The first-order valence-corrected chi connectivity index (χ1v) is 8.80. The molecule has 0 aliphatic carbocycles. The summed E-state index contributed by atoms with van der Waals surface area (Å²) in [5, 5.41) is 0. The van der Waals surface area contributed by atoms with E-state index < -0.39 is 28.3 Å². The van der Waals surface area contributed by atoms with Crippen LogP contribution in [0.25, 0.3) is 0 Å². The number of benzene rings is 1. The first-order valence-electron chi connectivity index (χ1n) is 6.98. The molecule has 0 spiro atoms. The molecule has 1 rings (SSSR count). The fourth-order valence-electron chi connectivity index (χ4n) is 2.21. The van der Waals surface area contributed by atoms with E-state index in [2.05, 4.69) is 0 Å². The molecule has 0 aliphatic heterocycles. The fourth-order valence-corrected chi connectivity index (χ4v) is 2.86. The van der Waals surface area contributed by atoms with Gasteiger partial charge in [0.25, 0.3) is 10.1 Å². The largest absolute Gasteiger partial charge is 0.493 e. The standard InChI is InChI=1S/C15H22O8S/c1-9(23-24(6,17)18)14(22-10(2)16)11-7-12(19-3)15(21-5)13(8-11)20-4/h7-9,14H,1-6H3/t9-,14-/m0/s1. The lowest BCUT2D eigenvalue weighted by molar-refractivity contribution is -0.151. The zero-order chi connectivity index (χ0) is 18.5. The molecular weight excluding hydrogens is 340 g/mol. The molecule has 136 valence electrons. The van der Waals surface area contributed by atoms with Crippen LogP contribution in [0.4, 0.5) is 0 Å². The third kappa shape index (κ3) is 5.27. The van der Waals surface area contributed by atoms with Crippen LogP contribution in [-0.4, -0.2) is 48.1 Å². The van der Waals surface area contributed by atoms with Crippen LogP contribution in [0.15, 0.2) is 12.1 Å². The molecule has 8 nitrogen and oxygen atoms in total. The number of hydrogen-bond donors (Lipinski definition) is 0. The number of hydrogen-bond acceptors (Lipinski definition) is 8. The number of rotatable bonds is 8. The average Bonchev–Trinajstić information content (AvgIpc) is 2.49. The van der Waals surface area contributed by atoms with Crippen molar-refractivity contribution >= 4 is 16.1 Å². The van der Waals surface area contributed by atoms with E-state index in [0.717, 1.165) is 6.26 Å². The number of esters is 1. The first kappa shape index (κ1) is 20.0. The van der Waals surface area contributed by atoms with Crippen molar-refractivity contribution in [3.8, 4) is 17.2 Å². The van der Waals surface area contributed by atoms with Crippen molar-refractivity contribution in [1.82, 2.24) is 0 Å². The molecule has 1 aromatic rings. The molecule has 0 amide bonds. The molecule has 0 unspecified atom stereocenters. The minimum atomic E-state index is -3.73. The second kappa shape index (κ2) is 8.20. The van der Waals surface area contributed by atoms with Crippen LogP contribution < -0.4 is 14.2 Å². The monoisotopic (exact) mass is 362 g/mol. The summed E-state index contributed by atoms with van der Waals surface area (Å²) in [7, 11) is 0.608. The summed E-state index contributed by atoms with van der Waals surface area (Å²) in [5.41, 5.74) is 0.441. The van der Waals surface area contributed by atoms with E-state index in [0.29, 0.717) is 22.8 Å². The van der Waals surface area contributed by atoms with E-state index in [1.54, 1.807) is 12.1 Å². The van der Waals surface area contributed by atoms with E-state index in [1.807, 2.05) is 0 Å². The summed E-state index contributed by atoms with van der Waals surface area (Å²) in [5.74, 6) is 0.464. The summed E-state index contributed by atoms with van der Waals surface area (Å²) in [4.78, 5) is 11.4. The second-order valence-corrected chi connectivity index (χ2v) is 6.59. The van der Waals surface area contributed by atoms with E-state index in [4.69, 9.17) is 23.1 Å². The molecule has 2 atom stereocenters. The third-order valence-electron chi connectivity index (χ3n) is 3.06. The van der Waals surface area contributed by atoms with Crippen LogP contribution in [0.1, 0.15) is 25.5 Å². The summed E-state index contributed by atoms with van der Waals surface area (Å²) in [6.07, 6.45) is -1.01. The van der Waals surface area contributed by atoms with Crippen LogP contribution in [-0.2, 0) is 23.8 Å². The van der Waals surface area contributed by atoms with Crippen LogP contribution in [0.2, 0.25) is 0 Å². The van der Waals surface area contributed by atoms with Gasteiger partial charge in [0.1, 0.15) is 6.10 Å². The third-order valence-corrected chi connectivity index (χ3v) is 3.71. The van der Waals surface area contributed by atoms with Gasteiger partial charge in [-0.05, 0) is 19.1 Å². The fraction of sp³-hybridized carbons (Fsp3) is 0.533. The summed E-state index contributed by atoms with van der Waals surface area (Å²) < 4.78 is 48.7. The highest BCUT2D eigenvalue weighted by Crippen LogP contribution is 2.41. The average molecular weight is 362 g/mol. The normalized spacial score (nSPS) is 13.8. The zero-order valence-electron chi connectivity index (χ0n) is 14.5. The SMILES string of the molecule is COc1cc([C@@H](OC(C)=O)[C@H](C)OS(C)(=O)=O)cc(OC)c1OC. The maximum Gasteiger partial charge on any atom is 0.303 e. The zero-order valence-corrected chi connectivity index (χ0v) is 15.3. The Bertz CT molecular complexity index is 658. The Kier molecular flexibility index (Phi) is 6.85. The molecule has 0 aliphatic rings. The highest BCUT2D eigenvalue weighted by Gasteiger charge is 2.29. The van der Waals surface area contributed by atoms with Crippen LogP contribution in [0.3, 0.4) is 0 Å². The second-order valence-electron chi connectivity index (χ2n) is 4.99. The highest BCUT2D eigenvalue weighted by molar-refractivity contribution is 7.86. The van der Waals surface area contributed by atoms with Crippen molar-refractivity contribution in [3.05, 3.63) is 17.7 Å². The van der Waals surface area contributed by atoms with Gasteiger partial charge in [-0.3, -0.25) is 8.98 Å². The summed E-state index contributed by atoms with van der Waals surface area (Å²) in [6.45, 7) is 2.70. The van der Waals surface area contributed by atoms with Gasteiger partial charge < -0.3 is 18.9 Å². The smallest absolute Gasteiger partial charge is 0.303 e. The molecule has 0 fully saturated rings. The van der Waals surface area contributed by atoms with E-state index in [1.165, 1.54) is 35.2 Å². The molecule has 0 N–H and O–H groups in total. The Balaban J connectivity index is 3.39. The van der Waals surface area contributed by atoms with Crippen LogP contribution in [0.5, 0.6) is 17.2 Å². The van der Waals surface area contributed by atoms with Gasteiger partial charge in [-0.15, -0.1) is 0 Å². The molecule has 0 saturated heterocycles. The van der Waals surface area contributed by atoms with Gasteiger partial charge in [0, 0.05) is 12.5 Å². The predicted molar refractivity (Wildman–Crippen MR) is 86.0 cm³/mol. The van der Waals surface area contributed by atoms with E-state index in [9.17, 15) is 13.2 Å². The molecule has 0 bridgehead atoms. The van der Waals surface area contributed by atoms with Gasteiger partial charge in [-0.1, -0.05) is 0 Å². The number of ether oxygens (including phenoxy) is 4. The van der Waals surface area contributed by atoms with Crippen molar-refractivity contribution < 1.29 is 36.3 Å². The van der Waals surface area contributed by atoms with Crippen molar-refractivity contribution in [1.29, 1.82) is 0 Å². The van der Waals surface area contributed by atoms with Gasteiger partial charge in [0.05, 0.1) is 27.6 Å². The molecule has 9 heteroatoms. The Labute approximate surface area is 141 Å². The van der Waals surface area contributed by atoms with Crippen molar-refractivity contribution in [3.63, 3.8) is 0 Å². The van der Waals surface area contributed by atoms with Gasteiger partial charge >= 0.3 is 5.97 Å². The summed E-state index contributed by atoms with van der Waals surface area (Å²) >= 11 is 0. The number of carbonyl (C=O) groups is 1. The van der Waals surface area contributed by atoms with E-state index >= 15 is 0 Å². The summed E-state index contributed by atoms with van der Waals surface area (Å²) in [6, 6.07) is 3.13. The number of carbonyl (C=O) groups excluding carboxylic acids is 1. The lowest BCUT2D eigenvalue weighted by Gasteiger charge is -2.24. The molecular formula is C15H22O8S.